The Morgan fingerprint density at radius 2 is 0.950 bits per heavy atom. The first-order valence-corrected chi connectivity index (χ1v) is 3.87. The lowest BCUT2D eigenvalue weighted by Gasteiger charge is -2.33. The molecule has 0 aromatic heterocycles. The third-order valence-electron chi connectivity index (χ3n) is 1.60. The fourth-order valence-electron chi connectivity index (χ4n) is 0.609. The van der Waals surface area contributed by atoms with Crippen LogP contribution in [0.3, 0.4) is 0 Å². The van der Waals surface area contributed by atoms with Gasteiger partial charge >= 0.3 is 36.7 Å². The third kappa shape index (κ3) is 3.03. The molecule has 1 atom stereocenters. The van der Waals surface area contributed by atoms with Gasteiger partial charge in [-0.15, -0.1) is 0 Å². The Morgan fingerprint density at radius 3 is 1.15 bits per heavy atom. The molecule has 0 aliphatic heterocycles. The molecule has 0 fully saturated rings. The molecule has 0 rings (SSSR count). The van der Waals surface area contributed by atoms with Crippen molar-refractivity contribution in [2.75, 3.05) is 0 Å². The van der Waals surface area contributed by atoms with Crippen molar-refractivity contribution in [2.24, 2.45) is 0 Å². The first-order valence-electron chi connectivity index (χ1n) is 3.87. The van der Waals surface area contributed by atoms with Gasteiger partial charge in [0, 0.05) is 0 Å². The van der Waals surface area contributed by atoms with Gasteiger partial charge in [-0.1, -0.05) is 0 Å². The standard InChI is InChI=1S/C6F13O/c7-1(8)2(9,4(12,13)14)20-6(18,19)3(10,11)5(15,16)17. The molecule has 0 bridgehead atoms. The highest BCUT2D eigenvalue weighted by Crippen LogP contribution is 2.53. The summed E-state index contributed by atoms with van der Waals surface area (Å²) in [5.41, 5.74) is 0. The first kappa shape index (κ1) is 19.1. The summed E-state index contributed by atoms with van der Waals surface area (Å²) in [6.07, 6.45) is -26.1. The molecule has 1 nitrogen and oxygen atoms in total. The molecule has 14 heteroatoms. The number of halogens is 13. The smallest absolute Gasteiger partial charge is 0.264 e. The van der Waals surface area contributed by atoms with Gasteiger partial charge < -0.3 is 0 Å². The minimum atomic E-state index is -7.35. The van der Waals surface area contributed by atoms with Crippen LogP contribution in [-0.4, -0.2) is 30.2 Å². The van der Waals surface area contributed by atoms with Crippen LogP contribution in [0.15, 0.2) is 0 Å². The average Bonchev–Trinajstić information content (AvgIpc) is 2.12. The van der Waals surface area contributed by atoms with Crippen LogP contribution in [0, 0.1) is 6.43 Å². The Labute approximate surface area is 99.8 Å². The van der Waals surface area contributed by atoms with E-state index in [4.69, 9.17) is 0 Å². The van der Waals surface area contributed by atoms with E-state index in [0.29, 0.717) is 0 Å². The molecular formula is C6F13O. The molecule has 121 valence electrons. The summed E-state index contributed by atoms with van der Waals surface area (Å²) in [5, 5.41) is 0. The monoisotopic (exact) mass is 335 g/mol. The van der Waals surface area contributed by atoms with Gasteiger partial charge in [0.2, 0.25) is 0 Å². The Balaban J connectivity index is 5.67. The van der Waals surface area contributed by atoms with Gasteiger partial charge in [-0.25, -0.2) is 0 Å². The van der Waals surface area contributed by atoms with E-state index in [2.05, 4.69) is 0 Å². The summed E-state index contributed by atoms with van der Waals surface area (Å²) < 4.78 is 156. The van der Waals surface area contributed by atoms with Crippen LogP contribution < -0.4 is 0 Å². The maximum absolute atomic E-state index is 12.5. The van der Waals surface area contributed by atoms with E-state index < -0.39 is 36.7 Å². The normalized spacial score (nSPS) is 18.3. The van der Waals surface area contributed by atoms with E-state index in [1.165, 1.54) is 4.74 Å². The molecule has 0 aliphatic carbocycles. The van der Waals surface area contributed by atoms with Gasteiger partial charge in [0.1, 0.15) is 0 Å². The molecular weight excluding hydrogens is 335 g/mol. The third-order valence-corrected chi connectivity index (χ3v) is 1.60. The Bertz CT molecular complexity index is 340. The van der Waals surface area contributed by atoms with Gasteiger partial charge in [-0.3, -0.25) is 4.74 Å². The van der Waals surface area contributed by atoms with Gasteiger partial charge in [0.15, 0.2) is 0 Å². The molecule has 1 radical (unpaired) electrons. The summed E-state index contributed by atoms with van der Waals surface area (Å²) in [6.45, 7) is 0. The maximum atomic E-state index is 12.5. The predicted molar refractivity (Wildman–Crippen MR) is 32.4 cm³/mol. The minimum absolute atomic E-state index is 1.46. The Kier molecular flexibility index (Phi) is 4.58. The van der Waals surface area contributed by atoms with Crippen molar-refractivity contribution in [1.29, 1.82) is 0 Å². The number of hydrogen-bond donors (Lipinski definition) is 0. The van der Waals surface area contributed by atoms with Crippen LogP contribution in [0.5, 0.6) is 0 Å². The van der Waals surface area contributed by atoms with Crippen molar-refractivity contribution in [3.63, 3.8) is 0 Å². The number of rotatable bonds is 4. The summed E-state index contributed by atoms with van der Waals surface area (Å²) in [5.74, 6) is -14.1. The van der Waals surface area contributed by atoms with E-state index in [1.807, 2.05) is 0 Å². The van der Waals surface area contributed by atoms with Crippen LogP contribution in [0.1, 0.15) is 0 Å². The minimum Gasteiger partial charge on any atom is -0.264 e. The highest BCUT2D eigenvalue weighted by molar-refractivity contribution is 4.96. The molecule has 0 heterocycles. The van der Waals surface area contributed by atoms with Crippen molar-refractivity contribution in [3.05, 3.63) is 6.43 Å². The summed E-state index contributed by atoms with van der Waals surface area (Å²) >= 11 is 0. The van der Waals surface area contributed by atoms with E-state index in [9.17, 15) is 57.1 Å². The van der Waals surface area contributed by atoms with E-state index in [1.54, 1.807) is 0 Å². The molecule has 0 N–H and O–H groups in total. The largest absolute Gasteiger partial charge is 0.462 e. The molecule has 0 aromatic carbocycles. The molecule has 0 saturated heterocycles. The van der Waals surface area contributed by atoms with E-state index in [0.717, 1.165) is 0 Å². The number of alkyl halides is 11. The SMILES string of the molecule is F[C](F)C(F)(OC(F)(F)C(F)(F)C(F)(F)F)C(F)(F)F. The van der Waals surface area contributed by atoms with Crippen molar-refractivity contribution < 1.29 is 61.8 Å². The summed E-state index contributed by atoms with van der Waals surface area (Å²) in [7, 11) is 0. The van der Waals surface area contributed by atoms with Crippen LogP contribution in [0.4, 0.5) is 57.1 Å². The van der Waals surface area contributed by atoms with Crippen molar-refractivity contribution in [2.45, 2.75) is 30.2 Å². The van der Waals surface area contributed by atoms with E-state index in [-0.39, 0.29) is 0 Å². The van der Waals surface area contributed by atoms with Crippen molar-refractivity contribution in [1.82, 2.24) is 0 Å². The van der Waals surface area contributed by atoms with E-state index >= 15 is 0 Å². The Morgan fingerprint density at radius 1 is 0.600 bits per heavy atom. The Hall–Kier alpha value is -0.950. The molecule has 0 amide bonds. The second-order valence-electron chi connectivity index (χ2n) is 3.04. The lowest BCUT2D eigenvalue weighted by Crippen LogP contribution is -2.60. The number of ether oxygens (including phenoxy) is 1. The topological polar surface area (TPSA) is 9.23 Å². The number of hydrogen-bond acceptors (Lipinski definition) is 1. The second kappa shape index (κ2) is 4.80. The van der Waals surface area contributed by atoms with Gasteiger partial charge in [0.05, 0.1) is 0 Å². The molecule has 0 spiro atoms. The zero-order chi connectivity index (χ0) is 16.8. The molecule has 1 unspecified atom stereocenters. The second-order valence-corrected chi connectivity index (χ2v) is 3.04. The first-order chi connectivity index (χ1) is 8.40. The maximum Gasteiger partial charge on any atom is 0.462 e. The average molecular weight is 335 g/mol. The molecule has 20 heavy (non-hydrogen) atoms. The fraction of sp³-hybridized carbons (Fsp3) is 0.833. The lowest BCUT2D eigenvalue weighted by atomic mass is 10.2. The lowest BCUT2D eigenvalue weighted by molar-refractivity contribution is -0.485. The quantitative estimate of drug-likeness (QED) is 0.690. The predicted octanol–water partition coefficient (Wildman–Crippen LogP) is 4.45. The zero-order valence-corrected chi connectivity index (χ0v) is 8.32. The fourth-order valence-corrected chi connectivity index (χ4v) is 0.609. The van der Waals surface area contributed by atoms with Gasteiger partial charge in [-0.2, -0.15) is 57.1 Å². The highest BCUT2D eigenvalue weighted by atomic mass is 19.4. The van der Waals surface area contributed by atoms with Crippen LogP contribution in [0.25, 0.3) is 0 Å². The summed E-state index contributed by atoms with van der Waals surface area (Å²) in [6, 6.07) is 0. The van der Waals surface area contributed by atoms with Crippen LogP contribution in [-0.2, 0) is 4.74 Å². The zero-order valence-electron chi connectivity index (χ0n) is 8.32. The summed E-state index contributed by atoms with van der Waals surface area (Å²) in [4.78, 5) is 0. The molecule has 0 aromatic rings. The molecule has 0 saturated carbocycles. The van der Waals surface area contributed by atoms with Gasteiger partial charge in [-0.05, 0) is 0 Å². The van der Waals surface area contributed by atoms with Gasteiger partial charge in [0.25, 0.3) is 0 Å². The van der Waals surface area contributed by atoms with Crippen LogP contribution >= 0.6 is 0 Å². The van der Waals surface area contributed by atoms with Crippen LogP contribution in [0.2, 0.25) is 0 Å². The van der Waals surface area contributed by atoms with Crippen molar-refractivity contribution in [3.8, 4) is 0 Å². The molecule has 0 aliphatic rings. The van der Waals surface area contributed by atoms with Crippen molar-refractivity contribution >= 4 is 0 Å². The highest BCUT2D eigenvalue weighted by Gasteiger charge is 2.80.